The Labute approximate surface area is 119 Å². The van der Waals surface area contributed by atoms with Crippen LogP contribution in [0, 0.1) is 17.5 Å². The molecule has 3 aromatic rings. The number of hydrogen-bond acceptors (Lipinski definition) is 2. The van der Waals surface area contributed by atoms with Gasteiger partial charge in [0.15, 0.2) is 0 Å². The van der Waals surface area contributed by atoms with Gasteiger partial charge in [-0.1, -0.05) is 6.07 Å². The van der Waals surface area contributed by atoms with E-state index in [-0.39, 0.29) is 11.4 Å². The van der Waals surface area contributed by atoms with Gasteiger partial charge in [-0.15, -0.1) is 0 Å². The van der Waals surface area contributed by atoms with Crippen LogP contribution in [-0.4, -0.2) is 7.05 Å². The maximum Gasteiger partial charge on any atom is 0.134 e. The number of hydrogen-bond donors (Lipinski definition) is 1. The lowest BCUT2D eigenvalue weighted by Gasteiger charge is -2.14. The van der Waals surface area contributed by atoms with Crippen LogP contribution in [0.1, 0.15) is 17.4 Å². The Morgan fingerprint density at radius 3 is 2.38 bits per heavy atom. The van der Waals surface area contributed by atoms with E-state index in [1.165, 1.54) is 30.3 Å². The Kier molecular flexibility index (Phi) is 3.43. The first-order chi connectivity index (χ1) is 10.1. The van der Waals surface area contributed by atoms with Crippen molar-refractivity contribution in [3.63, 3.8) is 0 Å². The average Bonchev–Trinajstić information content (AvgIpc) is 2.84. The maximum absolute atomic E-state index is 13.9. The fourth-order valence-corrected chi connectivity index (χ4v) is 2.36. The minimum absolute atomic E-state index is 0.262. The molecule has 0 saturated heterocycles. The van der Waals surface area contributed by atoms with Crippen LogP contribution in [0.15, 0.2) is 46.9 Å². The largest absolute Gasteiger partial charge is 0.459 e. The van der Waals surface area contributed by atoms with E-state index in [2.05, 4.69) is 5.32 Å². The van der Waals surface area contributed by atoms with Crippen molar-refractivity contribution in [2.75, 3.05) is 7.05 Å². The number of rotatable bonds is 3. The van der Waals surface area contributed by atoms with Crippen LogP contribution < -0.4 is 5.32 Å². The van der Waals surface area contributed by atoms with Crippen molar-refractivity contribution in [2.24, 2.45) is 0 Å². The number of fused-ring (bicyclic) bond motifs is 1. The second kappa shape index (κ2) is 5.26. The fraction of sp³-hybridized carbons (Fsp3) is 0.125. The van der Waals surface area contributed by atoms with Gasteiger partial charge in [-0.2, -0.15) is 0 Å². The molecule has 108 valence electrons. The third-order valence-corrected chi connectivity index (χ3v) is 3.34. The molecule has 1 atom stereocenters. The van der Waals surface area contributed by atoms with Crippen molar-refractivity contribution in [2.45, 2.75) is 6.04 Å². The normalized spacial score (nSPS) is 12.8. The summed E-state index contributed by atoms with van der Waals surface area (Å²) in [6.45, 7) is 0. The van der Waals surface area contributed by atoms with Gasteiger partial charge < -0.3 is 9.73 Å². The lowest BCUT2D eigenvalue weighted by molar-refractivity contribution is 0.473. The molecule has 1 heterocycles. The highest BCUT2D eigenvalue weighted by atomic mass is 19.1. The van der Waals surface area contributed by atoms with Gasteiger partial charge in [-0.25, -0.2) is 13.2 Å². The van der Waals surface area contributed by atoms with Crippen molar-refractivity contribution >= 4 is 11.0 Å². The zero-order valence-corrected chi connectivity index (χ0v) is 11.2. The number of nitrogens with one attached hydrogen (secondary N) is 1. The van der Waals surface area contributed by atoms with Gasteiger partial charge in [0.05, 0.1) is 6.04 Å². The monoisotopic (exact) mass is 291 g/mol. The zero-order valence-electron chi connectivity index (χ0n) is 11.2. The third-order valence-electron chi connectivity index (χ3n) is 3.34. The number of benzene rings is 2. The highest BCUT2D eigenvalue weighted by Gasteiger charge is 2.20. The maximum atomic E-state index is 13.9. The van der Waals surface area contributed by atoms with E-state index in [0.29, 0.717) is 16.7 Å². The quantitative estimate of drug-likeness (QED) is 0.784. The Bertz CT molecular complexity index is 797. The van der Waals surface area contributed by atoms with Gasteiger partial charge in [0, 0.05) is 17.0 Å². The van der Waals surface area contributed by atoms with E-state index in [1.807, 2.05) is 0 Å². The van der Waals surface area contributed by atoms with E-state index in [1.54, 1.807) is 13.1 Å². The van der Waals surface area contributed by atoms with Crippen LogP contribution in [-0.2, 0) is 0 Å². The molecule has 3 rings (SSSR count). The van der Waals surface area contributed by atoms with Crippen LogP contribution in [0.5, 0.6) is 0 Å². The molecule has 5 heteroatoms. The molecule has 0 saturated carbocycles. The van der Waals surface area contributed by atoms with Gasteiger partial charge in [0.2, 0.25) is 0 Å². The van der Waals surface area contributed by atoms with Crippen LogP contribution >= 0.6 is 0 Å². The summed E-state index contributed by atoms with van der Waals surface area (Å²) in [7, 11) is 1.64. The zero-order chi connectivity index (χ0) is 15.0. The molecule has 1 unspecified atom stereocenters. The van der Waals surface area contributed by atoms with Gasteiger partial charge in [0.1, 0.15) is 28.8 Å². The average molecular weight is 291 g/mol. The molecule has 0 bridgehead atoms. The second-order valence-corrected chi connectivity index (χ2v) is 4.72. The molecule has 1 aromatic heterocycles. The smallest absolute Gasteiger partial charge is 0.134 e. The van der Waals surface area contributed by atoms with E-state index < -0.39 is 17.7 Å². The molecule has 0 radical (unpaired) electrons. The molecular weight excluding hydrogens is 279 g/mol. The van der Waals surface area contributed by atoms with Crippen LogP contribution in [0.3, 0.4) is 0 Å². The summed E-state index contributed by atoms with van der Waals surface area (Å²) in [4.78, 5) is 0. The highest BCUT2D eigenvalue weighted by molar-refractivity contribution is 5.78. The van der Waals surface area contributed by atoms with E-state index >= 15 is 0 Å². The third kappa shape index (κ3) is 2.52. The number of furan rings is 1. The van der Waals surface area contributed by atoms with Crippen molar-refractivity contribution in [3.8, 4) is 0 Å². The summed E-state index contributed by atoms with van der Waals surface area (Å²) in [6.07, 6.45) is 0. The van der Waals surface area contributed by atoms with Gasteiger partial charge in [0.25, 0.3) is 0 Å². The summed E-state index contributed by atoms with van der Waals surface area (Å²) in [5, 5.41) is 3.51. The van der Waals surface area contributed by atoms with Crippen LogP contribution in [0.25, 0.3) is 11.0 Å². The molecule has 0 aliphatic carbocycles. The van der Waals surface area contributed by atoms with E-state index in [4.69, 9.17) is 4.42 Å². The lowest BCUT2D eigenvalue weighted by Crippen LogP contribution is -2.18. The van der Waals surface area contributed by atoms with Crippen molar-refractivity contribution in [1.82, 2.24) is 5.32 Å². The minimum atomic E-state index is -0.666. The van der Waals surface area contributed by atoms with Crippen molar-refractivity contribution in [1.29, 1.82) is 0 Å². The molecule has 0 spiro atoms. The fourth-order valence-electron chi connectivity index (χ4n) is 2.36. The standard InChI is InChI=1S/C16H12F3NO/c1-20-16(12-4-2-11(18)8-13(12)19)15-7-9-6-10(17)3-5-14(9)21-15/h2-8,16,20H,1H3. The highest BCUT2D eigenvalue weighted by Crippen LogP contribution is 2.30. The topological polar surface area (TPSA) is 25.2 Å². The molecule has 1 N–H and O–H groups in total. The molecule has 21 heavy (non-hydrogen) atoms. The molecule has 2 aromatic carbocycles. The molecule has 0 fully saturated rings. The Morgan fingerprint density at radius 1 is 0.952 bits per heavy atom. The Balaban J connectivity index is 2.09. The predicted molar refractivity (Wildman–Crippen MR) is 73.4 cm³/mol. The Morgan fingerprint density at radius 2 is 1.67 bits per heavy atom. The van der Waals surface area contributed by atoms with E-state index in [9.17, 15) is 13.2 Å². The van der Waals surface area contributed by atoms with Gasteiger partial charge in [-0.3, -0.25) is 0 Å². The van der Waals surface area contributed by atoms with Crippen LogP contribution in [0.4, 0.5) is 13.2 Å². The lowest BCUT2D eigenvalue weighted by atomic mass is 10.0. The van der Waals surface area contributed by atoms with Gasteiger partial charge >= 0.3 is 0 Å². The predicted octanol–water partition coefficient (Wildman–Crippen LogP) is 4.16. The first kappa shape index (κ1) is 13.7. The SMILES string of the molecule is CNC(c1cc2cc(F)ccc2o1)c1ccc(F)cc1F. The summed E-state index contributed by atoms with van der Waals surface area (Å²) in [5.74, 6) is -1.24. The van der Waals surface area contributed by atoms with Crippen molar-refractivity contribution < 1.29 is 17.6 Å². The summed E-state index contributed by atoms with van der Waals surface area (Å²) in [6, 6.07) is 8.58. The second-order valence-electron chi connectivity index (χ2n) is 4.72. The molecule has 0 aliphatic heterocycles. The first-order valence-corrected chi connectivity index (χ1v) is 6.39. The summed E-state index contributed by atoms with van der Waals surface area (Å²) < 4.78 is 45.7. The molecule has 0 aliphatic rings. The summed E-state index contributed by atoms with van der Waals surface area (Å²) in [5.41, 5.74) is 0.771. The first-order valence-electron chi connectivity index (χ1n) is 6.39. The minimum Gasteiger partial charge on any atom is -0.459 e. The molecular formula is C16H12F3NO. The Hall–Kier alpha value is -2.27. The number of halogens is 3. The van der Waals surface area contributed by atoms with Gasteiger partial charge in [-0.05, 0) is 37.4 Å². The van der Waals surface area contributed by atoms with Crippen LogP contribution in [0.2, 0.25) is 0 Å². The molecule has 0 amide bonds. The summed E-state index contributed by atoms with van der Waals surface area (Å²) >= 11 is 0. The van der Waals surface area contributed by atoms with E-state index in [0.717, 1.165) is 6.07 Å². The van der Waals surface area contributed by atoms with Crippen molar-refractivity contribution in [3.05, 3.63) is 71.2 Å². The molecule has 2 nitrogen and oxygen atoms in total.